The van der Waals surface area contributed by atoms with Crippen LogP contribution in [0.2, 0.25) is 0 Å². The number of piperidine rings is 2. The summed E-state index contributed by atoms with van der Waals surface area (Å²) in [4.78, 5) is 27.8. The fourth-order valence-corrected chi connectivity index (χ4v) is 3.41. The number of carbonyl (C=O) groups excluding carboxylic acids is 2. The first-order chi connectivity index (χ1) is 9.61. The molecule has 2 rings (SSSR count). The van der Waals surface area contributed by atoms with E-state index in [1.165, 1.54) is 6.42 Å². The Morgan fingerprint density at radius 1 is 1.10 bits per heavy atom. The highest BCUT2D eigenvalue weighted by Crippen LogP contribution is 2.21. The molecule has 0 radical (unpaired) electrons. The molecule has 2 saturated heterocycles. The van der Waals surface area contributed by atoms with E-state index >= 15 is 0 Å². The summed E-state index contributed by atoms with van der Waals surface area (Å²) in [5.41, 5.74) is 5.33. The van der Waals surface area contributed by atoms with E-state index in [-0.39, 0.29) is 17.7 Å². The van der Waals surface area contributed by atoms with Gasteiger partial charge < -0.3 is 10.6 Å². The number of amides is 2. The lowest BCUT2D eigenvalue weighted by Gasteiger charge is -2.37. The van der Waals surface area contributed by atoms with Gasteiger partial charge >= 0.3 is 0 Å². The van der Waals surface area contributed by atoms with Gasteiger partial charge in [-0.2, -0.15) is 0 Å². The van der Waals surface area contributed by atoms with Crippen LogP contribution in [-0.2, 0) is 9.59 Å². The molecule has 0 aliphatic carbocycles. The van der Waals surface area contributed by atoms with Gasteiger partial charge in [-0.1, -0.05) is 6.92 Å². The van der Waals surface area contributed by atoms with Crippen LogP contribution in [0.25, 0.3) is 0 Å². The minimum atomic E-state index is -0.196. The van der Waals surface area contributed by atoms with E-state index in [0.717, 1.165) is 51.7 Å². The van der Waals surface area contributed by atoms with Crippen LogP contribution in [0.5, 0.6) is 0 Å². The van der Waals surface area contributed by atoms with Crippen LogP contribution in [0, 0.1) is 5.92 Å². The van der Waals surface area contributed by atoms with Crippen molar-refractivity contribution >= 4 is 11.8 Å². The maximum atomic E-state index is 12.4. The van der Waals surface area contributed by atoms with Crippen molar-refractivity contribution in [3.8, 4) is 0 Å². The first-order valence-corrected chi connectivity index (χ1v) is 7.93. The van der Waals surface area contributed by atoms with E-state index < -0.39 is 0 Å². The highest BCUT2D eigenvalue weighted by molar-refractivity contribution is 5.79. The molecule has 1 atom stereocenters. The lowest BCUT2D eigenvalue weighted by Crippen LogP contribution is -2.49. The van der Waals surface area contributed by atoms with E-state index in [4.69, 9.17) is 5.73 Å². The lowest BCUT2D eigenvalue weighted by atomic mass is 9.96. The van der Waals surface area contributed by atoms with Gasteiger partial charge in [0.05, 0.1) is 6.54 Å². The predicted molar refractivity (Wildman–Crippen MR) is 78.0 cm³/mol. The summed E-state index contributed by atoms with van der Waals surface area (Å²) in [6, 6.07) is 0.430. The minimum absolute atomic E-state index is 0.000251. The third-order valence-corrected chi connectivity index (χ3v) is 4.77. The van der Waals surface area contributed by atoms with Gasteiger partial charge in [0.15, 0.2) is 0 Å². The van der Waals surface area contributed by atoms with E-state index in [1.54, 1.807) is 0 Å². The predicted octanol–water partition coefficient (Wildman–Crippen LogP) is 0.975. The van der Waals surface area contributed by atoms with Crippen LogP contribution in [0.3, 0.4) is 0 Å². The quantitative estimate of drug-likeness (QED) is 0.835. The molecule has 0 unspecified atom stereocenters. The van der Waals surface area contributed by atoms with Crippen LogP contribution in [-0.4, -0.2) is 53.8 Å². The van der Waals surface area contributed by atoms with Crippen LogP contribution in [0.1, 0.15) is 45.4 Å². The van der Waals surface area contributed by atoms with Crippen molar-refractivity contribution in [2.45, 2.75) is 51.5 Å². The van der Waals surface area contributed by atoms with E-state index in [1.807, 2.05) is 0 Å². The molecule has 5 heteroatoms. The van der Waals surface area contributed by atoms with Crippen LogP contribution in [0.4, 0.5) is 0 Å². The average Bonchev–Trinajstić information content (AvgIpc) is 2.47. The Hall–Kier alpha value is -1.10. The fraction of sp³-hybridized carbons (Fsp3) is 0.867. The van der Waals surface area contributed by atoms with E-state index in [2.05, 4.69) is 16.7 Å². The second-order valence-electron chi connectivity index (χ2n) is 6.10. The van der Waals surface area contributed by atoms with Crippen molar-refractivity contribution in [2.75, 3.05) is 26.2 Å². The normalized spacial score (nSPS) is 25.6. The molecular formula is C15H27N3O2. The van der Waals surface area contributed by atoms with E-state index in [9.17, 15) is 9.59 Å². The Kier molecular flexibility index (Phi) is 5.40. The number of hydrogen-bond acceptors (Lipinski definition) is 3. The van der Waals surface area contributed by atoms with Crippen LogP contribution < -0.4 is 5.73 Å². The molecule has 2 aliphatic rings. The number of hydrogen-bond donors (Lipinski definition) is 1. The van der Waals surface area contributed by atoms with Crippen molar-refractivity contribution < 1.29 is 9.59 Å². The third kappa shape index (κ3) is 3.72. The molecule has 2 aliphatic heterocycles. The summed E-state index contributed by atoms with van der Waals surface area (Å²) >= 11 is 0. The van der Waals surface area contributed by atoms with Crippen LogP contribution >= 0.6 is 0 Å². The van der Waals surface area contributed by atoms with Crippen molar-refractivity contribution in [1.82, 2.24) is 9.80 Å². The number of carbonyl (C=O) groups is 2. The SMILES string of the molecule is CC[C@@H]1CCCCN1C(=O)CN1CCC(C(N)=O)CC1. The Labute approximate surface area is 121 Å². The molecule has 2 heterocycles. The maximum Gasteiger partial charge on any atom is 0.236 e. The fourth-order valence-electron chi connectivity index (χ4n) is 3.41. The second-order valence-corrected chi connectivity index (χ2v) is 6.10. The zero-order valence-electron chi connectivity index (χ0n) is 12.5. The Bertz CT molecular complexity index is 351. The molecular weight excluding hydrogens is 254 g/mol. The first kappa shape index (κ1) is 15.3. The Morgan fingerprint density at radius 2 is 1.80 bits per heavy atom. The topological polar surface area (TPSA) is 66.6 Å². The van der Waals surface area contributed by atoms with Gasteiger partial charge in [0, 0.05) is 18.5 Å². The minimum Gasteiger partial charge on any atom is -0.369 e. The molecule has 20 heavy (non-hydrogen) atoms. The summed E-state index contributed by atoms with van der Waals surface area (Å²) in [6.45, 7) is 5.19. The van der Waals surface area contributed by atoms with Gasteiger partial charge in [0.25, 0.3) is 0 Å². The van der Waals surface area contributed by atoms with Crippen LogP contribution in [0.15, 0.2) is 0 Å². The summed E-state index contributed by atoms with van der Waals surface area (Å²) in [7, 11) is 0. The number of nitrogens with zero attached hydrogens (tertiary/aromatic N) is 2. The van der Waals surface area contributed by atoms with E-state index in [0.29, 0.717) is 12.6 Å². The van der Waals surface area contributed by atoms with Crippen molar-refractivity contribution in [3.63, 3.8) is 0 Å². The smallest absolute Gasteiger partial charge is 0.236 e. The van der Waals surface area contributed by atoms with Gasteiger partial charge in [0.2, 0.25) is 11.8 Å². The van der Waals surface area contributed by atoms with Crippen molar-refractivity contribution in [1.29, 1.82) is 0 Å². The van der Waals surface area contributed by atoms with Crippen molar-refractivity contribution in [3.05, 3.63) is 0 Å². The average molecular weight is 281 g/mol. The van der Waals surface area contributed by atoms with Gasteiger partial charge in [0.1, 0.15) is 0 Å². The summed E-state index contributed by atoms with van der Waals surface area (Å²) in [6.07, 6.45) is 6.15. The summed E-state index contributed by atoms with van der Waals surface area (Å²) in [5.74, 6) is 0.0619. The summed E-state index contributed by atoms with van der Waals surface area (Å²) in [5, 5.41) is 0. The third-order valence-electron chi connectivity index (χ3n) is 4.77. The second kappa shape index (κ2) is 7.07. The zero-order valence-corrected chi connectivity index (χ0v) is 12.5. The monoisotopic (exact) mass is 281 g/mol. The Balaban J connectivity index is 1.81. The molecule has 114 valence electrons. The molecule has 0 bridgehead atoms. The maximum absolute atomic E-state index is 12.4. The number of nitrogens with two attached hydrogens (primary N) is 1. The molecule has 0 aromatic heterocycles. The largest absolute Gasteiger partial charge is 0.369 e. The number of rotatable bonds is 4. The standard InChI is InChI=1S/C15H27N3O2/c1-2-13-5-3-4-8-18(13)14(19)11-17-9-6-12(7-10-17)15(16)20/h12-13H,2-11H2,1H3,(H2,16,20)/t13-/m1/s1. The molecule has 2 amide bonds. The lowest BCUT2D eigenvalue weighted by molar-refractivity contribution is -0.136. The molecule has 0 spiro atoms. The summed E-state index contributed by atoms with van der Waals surface area (Å²) < 4.78 is 0. The highest BCUT2D eigenvalue weighted by Gasteiger charge is 2.29. The molecule has 0 aromatic rings. The molecule has 0 aromatic carbocycles. The zero-order chi connectivity index (χ0) is 14.5. The van der Waals surface area contributed by atoms with Crippen molar-refractivity contribution in [2.24, 2.45) is 11.7 Å². The van der Waals surface area contributed by atoms with Gasteiger partial charge in [-0.3, -0.25) is 14.5 Å². The first-order valence-electron chi connectivity index (χ1n) is 7.93. The highest BCUT2D eigenvalue weighted by atomic mass is 16.2. The van der Waals surface area contributed by atoms with Gasteiger partial charge in [-0.05, 0) is 51.6 Å². The number of primary amides is 1. The van der Waals surface area contributed by atoms with Gasteiger partial charge in [-0.25, -0.2) is 0 Å². The number of likely N-dealkylation sites (tertiary alicyclic amines) is 2. The Morgan fingerprint density at radius 3 is 2.40 bits per heavy atom. The molecule has 0 saturated carbocycles. The molecule has 5 nitrogen and oxygen atoms in total. The molecule has 2 fully saturated rings. The van der Waals surface area contributed by atoms with Gasteiger partial charge in [-0.15, -0.1) is 0 Å². The molecule has 2 N–H and O–H groups in total.